The molecule has 3 unspecified atom stereocenters. The van der Waals surface area contributed by atoms with Crippen molar-refractivity contribution in [2.24, 2.45) is 11.8 Å². The summed E-state index contributed by atoms with van der Waals surface area (Å²) in [5.41, 5.74) is 3.45. The van der Waals surface area contributed by atoms with Gasteiger partial charge in [0.15, 0.2) is 0 Å². The van der Waals surface area contributed by atoms with Crippen LogP contribution in [0.15, 0.2) is 71.9 Å². The zero-order chi connectivity index (χ0) is 24.6. The molecule has 2 saturated heterocycles. The van der Waals surface area contributed by atoms with Crippen molar-refractivity contribution in [2.75, 3.05) is 5.32 Å². The summed E-state index contributed by atoms with van der Waals surface area (Å²) < 4.78 is 1.98. The normalized spacial score (nSPS) is 24.1. The number of fused-ring (bicyclic) bond motifs is 3. The molecule has 0 spiro atoms. The Bertz CT molecular complexity index is 1410. The first-order valence-electron chi connectivity index (χ1n) is 12.9. The molecule has 7 heteroatoms. The number of hydrogen-bond donors (Lipinski definition) is 4. The monoisotopic (exact) mass is 483 g/mol. The van der Waals surface area contributed by atoms with Crippen molar-refractivity contribution in [3.8, 4) is 5.75 Å². The molecule has 2 aromatic carbocycles. The molecule has 6 rings (SSSR count). The molecule has 5 atom stereocenters. The maximum atomic E-state index is 12.0. The molecule has 4 N–H and O–H groups in total. The van der Waals surface area contributed by atoms with Crippen molar-refractivity contribution in [1.29, 1.82) is 0 Å². The highest BCUT2D eigenvalue weighted by Crippen LogP contribution is 2.38. The Balaban J connectivity index is 1.07. The number of benzene rings is 2. The fourth-order valence-electron chi connectivity index (χ4n) is 6.31. The summed E-state index contributed by atoms with van der Waals surface area (Å²) in [7, 11) is 0. The van der Waals surface area contributed by atoms with Gasteiger partial charge in [-0.15, -0.1) is 0 Å². The van der Waals surface area contributed by atoms with Crippen LogP contribution in [0.25, 0.3) is 10.8 Å². The number of nitrogens with one attached hydrogen (secondary N) is 3. The number of hydrogen-bond acceptors (Lipinski definition) is 5. The smallest absolute Gasteiger partial charge is 0.255 e. The summed E-state index contributed by atoms with van der Waals surface area (Å²) in [6.07, 6.45) is 10.4. The van der Waals surface area contributed by atoms with Crippen molar-refractivity contribution in [3.63, 3.8) is 0 Å². The lowest BCUT2D eigenvalue weighted by Crippen LogP contribution is -2.45. The second-order valence-electron chi connectivity index (χ2n) is 10.7. The van der Waals surface area contributed by atoms with Crippen molar-refractivity contribution < 1.29 is 5.11 Å². The van der Waals surface area contributed by atoms with Gasteiger partial charge in [0.1, 0.15) is 5.75 Å². The van der Waals surface area contributed by atoms with Crippen LogP contribution in [-0.4, -0.2) is 38.0 Å². The number of rotatable bonds is 7. The highest BCUT2D eigenvalue weighted by Gasteiger charge is 2.42. The predicted octanol–water partition coefficient (Wildman–Crippen LogP) is 4.28. The average molecular weight is 484 g/mol. The number of phenols is 1. The van der Waals surface area contributed by atoms with E-state index in [0.29, 0.717) is 36.5 Å². The van der Waals surface area contributed by atoms with Gasteiger partial charge in [-0.05, 0) is 90.4 Å². The third-order valence-electron chi connectivity index (χ3n) is 8.03. The van der Waals surface area contributed by atoms with Crippen LogP contribution in [0.2, 0.25) is 0 Å². The van der Waals surface area contributed by atoms with Gasteiger partial charge in [0.05, 0.1) is 12.7 Å². The second-order valence-corrected chi connectivity index (χ2v) is 10.7. The van der Waals surface area contributed by atoms with E-state index in [9.17, 15) is 9.90 Å². The average Bonchev–Trinajstić information content (AvgIpc) is 3.43. The Morgan fingerprint density at radius 2 is 1.97 bits per heavy atom. The zero-order valence-corrected chi connectivity index (χ0v) is 20.5. The van der Waals surface area contributed by atoms with Crippen molar-refractivity contribution >= 4 is 16.5 Å². The first-order valence-corrected chi connectivity index (χ1v) is 12.9. The van der Waals surface area contributed by atoms with Crippen LogP contribution in [-0.2, 0) is 13.0 Å². The first-order chi connectivity index (χ1) is 17.5. The van der Waals surface area contributed by atoms with E-state index >= 15 is 0 Å². The largest absolute Gasteiger partial charge is 0.508 e. The minimum atomic E-state index is -0.0401. The Hall–Kier alpha value is -3.58. The number of nitrogens with zero attached hydrogens (tertiary/aromatic N) is 2. The molecule has 186 valence electrons. The van der Waals surface area contributed by atoms with Gasteiger partial charge in [0, 0.05) is 41.6 Å². The van der Waals surface area contributed by atoms with Crippen LogP contribution < -0.4 is 16.2 Å². The molecule has 0 aliphatic carbocycles. The summed E-state index contributed by atoms with van der Waals surface area (Å²) >= 11 is 0. The lowest BCUT2D eigenvalue weighted by Gasteiger charge is -2.32. The molecule has 2 aromatic heterocycles. The number of H-pyrrole nitrogens is 1. The fraction of sp³-hybridized carbons (Fsp3) is 0.379. The van der Waals surface area contributed by atoms with E-state index in [1.165, 1.54) is 12.0 Å². The minimum Gasteiger partial charge on any atom is -0.508 e. The van der Waals surface area contributed by atoms with Crippen LogP contribution in [0.5, 0.6) is 5.75 Å². The maximum absolute atomic E-state index is 12.0. The highest BCUT2D eigenvalue weighted by molar-refractivity contribution is 5.84. The first kappa shape index (κ1) is 22.9. The molecule has 36 heavy (non-hydrogen) atoms. The molecule has 2 aliphatic heterocycles. The Labute approximate surface area is 210 Å². The van der Waals surface area contributed by atoms with Crippen LogP contribution >= 0.6 is 0 Å². The van der Waals surface area contributed by atoms with Gasteiger partial charge in [-0.25, -0.2) is 0 Å². The van der Waals surface area contributed by atoms with Crippen molar-refractivity contribution in [3.05, 3.63) is 88.6 Å². The highest BCUT2D eigenvalue weighted by atomic mass is 16.3. The summed E-state index contributed by atoms with van der Waals surface area (Å²) in [6.45, 7) is 3.09. The third kappa shape index (κ3) is 4.75. The van der Waals surface area contributed by atoms with Gasteiger partial charge < -0.3 is 20.7 Å². The lowest BCUT2D eigenvalue weighted by molar-refractivity contribution is 0.293. The van der Waals surface area contributed by atoms with Crippen LogP contribution in [0.4, 0.5) is 5.69 Å². The summed E-state index contributed by atoms with van der Waals surface area (Å²) in [4.78, 5) is 14.7. The van der Waals surface area contributed by atoms with E-state index in [0.717, 1.165) is 41.3 Å². The standard InChI is InChI=1S/C29H33N5O2/c1-18(10-20-15-31-34(17-20)16-19-2-5-25(35)6-3-19)27-13-23-12-24(14-28(27)33-23)32-22-4-7-26-21(11-22)8-9-30-29(26)36/h2-9,11,15,17-18,23-24,27-28,32-33,35H,10,12-14,16H2,1H3,(H,30,36)/t18?,23-,24+,27?,28?/m0/s1. The third-order valence-corrected chi connectivity index (χ3v) is 8.03. The van der Waals surface area contributed by atoms with Gasteiger partial charge in [0.25, 0.3) is 5.56 Å². The second kappa shape index (κ2) is 9.47. The number of pyridine rings is 1. The molecular formula is C29H33N5O2. The molecule has 2 aliphatic rings. The number of anilines is 1. The number of aromatic nitrogens is 3. The van der Waals surface area contributed by atoms with Crippen molar-refractivity contribution in [1.82, 2.24) is 20.1 Å². The molecule has 7 nitrogen and oxygen atoms in total. The Kier molecular flexibility index (Phi) is 6.01. The Morgan fingerprint density at radius 3 is 2.83 bits per heavy atom. The van der Waals surface area contributed by atoms with Gasteiger partial charge in [0.2, 0.25) is 0 Å². The Morgan fingerprint density at radius 1 is 1.11 bits per heavy atom. The predicted molar refractivity (Wildman–Crippen MR) is 142 cm³/mol. The molecule has 2 fully saturated rings. The molecule has 2 bridgehead atoms. The fourth-order valence-corrected chi connectivity index (χ4v) is 6.31. The summed E-state index contributed by atoms with van der Waals surface area (Å²) in [5, 5.41) is 23.4. The van der Waals surface area contributed by atoms with Gasteiger partial charge in [-0.3, -0.25) is 9.48 Å². The SMILES string of the molecule is CC(Cc1cnn(Cc2ccc(O)cc2)c1)C1C[C@@H]2C[C@@H](Nc3ccc4c(=O)[nH]ccc4c3)CC1N2. The number of piperidine rings is 1. The van der Waals surface area contributed by atoms with E-state index in [-0.39, 0.29) is 11.3 Å². The zero-order valence-electron chi connectivity index (χ0n) is 20.5. The van der Waals surface area contributed by atoms with Gasteiger partial charge in [-0.1, -0.05) is 19.1 Å². The molecule has 0 radical (unpaired) electrons. The minimum absolute atomic E-state index is 0.0401. The van der Waals surface area contributed by atoms with E-state index in [4.69, 9.17) is 0 Å². The molecule has 0 amide bonds. The lowest BCUT2D eigenvalue weighted by atomic mass is 9.83. The van der Waals surface area contributed by atoms with E-state index in [1.807, 2.05) is 41.2 Å². The summed E-state index contributed by atoms with van der Waals surface area (Å²) in [5.74, 6) is 1.51. The van der Waals surface area contributed by atoms with E-state index in [2.05, 4.69) is 39.9 Å². The van der Waals surface area contributed by atoms with Crippen LogP contribution in [0.1, 0.15) is 37.3 Å². The van der Waals surface area contributed by atoms with Crippen LogP contribution in [0, 0.1) is 11.8 Å². The topological polar surface area (TPSA) is 95.0 Å². The van der Waals surface area contributed by atoms with E-state index < -0.39 is 0 Å². The molecule has 0 saturated carbocycles. The maximum Gasteiger partial charge on any atom is 0.255 e. The van der Waals surface area contributed by atoms with Gasteiger partial charge in [-0.2, -0.15) is 5.10 Å². The van der Waals surface area contributed by atoms with Crippen LogP contribution in [0.3, 0.4) is 0 Å². The van der Waals surface area contributed by atoms with Crippen molar-refractivity contribution in [2.45, 2.75) is 57.3 Å². The van der Waals surface area contributed by atoms with E-state index in [1.54, 1.807) is 18.3 Å². The number of phenolic OH excluding ortho intramolecular Hbond substituents is 1. The molecule has 4 heterocycles. The van der Waals surface area contributed by atoms with Gasteiger partial charge >= 0.3 is 0 Å². The molecular weight excluding hydrogens is 450 g/mol. The quantitative estimate of drug-likeness (QED) is 0.315. The summed E-state index contributed by atoms with van der Waals surface area (Å²) in [6, 6.07) is 16.8. The number of aromatic hydroxyl groups is 1. The molecule has 4 aromatic rings. The number of aromatic amines is 1.